The Bertz CT molecular complexity index is 1080. The molecule has 170 valence electrons. The molecule has 20 heteroatoms. The lowest BCUT2D eigenvalue weighted by Gasteiger charge is -2.31. The Morgan fingerprint density at radius 1 is 1.17 bits per heavy atom. The minimum Gasteiger partial charge on any atom is -0.387 e. The molecule has 0 amide bonds. The topological polar surface area (TPSA) is 253 Å². The van der Waals surface area contributed by atoms with Gasteiger partial charge in [-0.25, -0.2) is 18.5 Å². The third-order valence-corrected chi connectivity index (χ3v) is 7.80. The molecular formula is C10H15N2O15P3. The van der Waals surface area contributed by atoms with Crippen LogP contribution >= 0.6 is 23.5 Å². The van der Waals surface area contributed by atoms with Crippen LogP contribution in [0.1, 0.15) is 6.23 Å². The van der Waals surface area contributed by atoms with Crippen LogP contribution in [0.15, 0.2) is 21.9 Å². The molecule has 2 bridgehead atoms. The van der Waals surface area contributed by atoms with Crippen LogP contribution in [0.3, 0.4) is 0 Å². The number of aromatic amines is 1. The van der Waals surface area contributed by atoms with Crippen LogP contribution in [0, 0.1) is 0 Å². The molecule has 6 atom stereocenters. The second kappa shape index (κ2) is 7.83. The Labute approximate surface area is 165 Å². The SMILES string of the molecule is O=c1ccn([C@@H]2O[C@@]3(COP(=O)(O)OP(=O)(O)OP(=O)(O)O)CO[C@H]2C3O)c(=O)[nH]1. The van der Waals surface area contributed by atoms with E-state index in [0.717, 1.165) is 16.8 Å². The molecule has 2 aliphatic heterocycles. The first kappa shape index (κ1) is 23.6. The molecule has 2 aliphatic rings. The normalized spacial score (nSPS) is 32.6. The molecule has 0 saturated carbocycles. The zero-order valence-corrected chi connectivity index (χ0v) is 17.1. The van der Waals surface area contributed by atoms with Crippen molar-refractivity contribution in [1.29, 1.82) is 0 Å². The highest BCUT2D eigenvalue weighted by Gasteiger charge is 2.63. The summed E-state index contributed by atoms with van der Waals surface area (Å²) in [5.41, 5.74) is -3.40. The van der Waals surface area contributed by atoms with Crippen molar-refractivity contribution in [3.05, 3.63) is 33.1 Å². The molecule has 17 nitrogen and oxygen atoms in total. The molecule has 2 fully saturated rings. The van der Waals surface area contributed by atoms with Gasteiger partial charge in [-0.1, -0.05) is 0 Å². The number of fused-ring (bicyclic) bond motifs is 2. The number of phosphoric ester groups is 1. The van der Waals surface area contributed by atoms with Gasteiger partial charge in [-0.15, -0.1) is 0 Å². The lowest BCUT2D eigenvalue weighted by Crippen LogP contribution is -2.45. The molecule has 3 unspecified atom stereocenters. The highest BCUT2D eigenvalue weighted by Crippen LogP contribution is 2.66. The van der Waals surface area contributed by atoms with E-state index in [1.165, 1.54) is 0 Å². The average Bonchev–Trinajstić information content (AvgIpc) is 3.00. The second-order valence-corrected chi connectivity index (χ2v) is 10.6. The maximum atomic E-state index is 11.9. The lowest BCUT2D eigenvalue weighted by atomic mass is 10.0. The molecule has 0 aliphatic carbocycles. The summed E-state index contributed by atoms with van der Waals surface area (Å²) >= 11 is 0. The number of aliphatic hydroxyl groups is 1. The number of hydrogen-bond donors (Lipinski definition) is 6. The monoisotopic (exact) mass is 496 g/mol. The Kier molecular flexibility index (Phi) is 6.17. The Hall–Kier alpha value is -1.03. The quantitative estimate of drug-likeness (QED) is 0.211. The number of phosphoric acid groups is 3. The van der Waals surface area contributed by atoms with E-state index in [1.54, 1.807) is 0 Å². The van der Waals surface area contributed by atoms with Crippen molar-refractivity contribution in [3.8, 4) is 0 Å². The van der Waals surface area contributed by atoms with E-state index in [0.29, 0.717) is 0 Å². The molecule has 6 N–H and O–H groups in total. The zero-order chi connectivity index (χ0) is 22.5. The van der Waals surface area contributed by atoms with Crippen molar-refractivity contribution in [2.24, 2.45) is 0 Å². The van der Waals surface area contributed by atoms with Gasteiger partial charge in [0, 0.05) is 12.3 Å². The Morgan fingerprint density at radius 2 is 1.83 bits per heavy atom. The van der Waals surface area contributed by atoms with E-state index in [4.69, 9.17) is 24.2 Å². The molecule has 3 rings (SSSR count). The van der Waals surface area contributed by atoms with Gasteiger partial charge in [-0.3, -0.25) is 18.9 Å². The summed E-state index contributed by atoms with van der Waals surface area (Å²) in [5, 5.41) is 10.4. The molecule has 2 saturated heterocycles. The van der Waals surface area contributed by atoms with E-state index in [-0.39, 0.29) is 6.61 Å². The number of nitrogens with one attached hydrogen (secondary N) is 1. The number of rotatable bonds is 8. The first-order chi connectivity index (χ1) is 13.6. The summed E-state index contributed by atoms with van der Waals surface area (Å²) in [6, 6.07) is 1.00. The third-order valence-electron chi connectivity index (χ3n) is 4.02. The van der Waals surface area contributed by atoms with Gasteiger partial charge in [0.2, 0.25) is 0 Å². The van der Waals surface area contributed by atoms with Crippen molar-refractivity contribution < 1.29 is 61.0 Å². The van der Waals surface area contributed by atoms with Crippen LogP contribution in [0.2, 0.25) is 0 Å². The maximum absolute atomic E-state index is 11.9. The van der Waals surface area contributed by atoms with Gasteiger partial charge in [0.25, 0.3) is 5.56 Å². The number of aromatic nitrogens is 2. The van der Waals surface area contributed by atoms with Gasteiger partial charge in [0.15, 0.2) is 6.23 Å². The standard InChI is InChI=1S/C10H15N2O15P3/c13-5-1-2-12(9(15)11-5)8-6-7(14)10(25-8,3-23-6)4-24-29(19,20)27-30(21,22)26-28(16,17)18/h1-2,6-8,14H,3-4H2,(H,19,20)(H,21,22)(H,11,13,15)(H2,16,17,18)/t6-,7?,8+,10+/m0/s1. The molecule has 0 radical (unpaired) electrons. The number of nitrogens with zero attached hydrogens (tertiary/aromatic N) is 1. The molecule has 3 heterocycles. The van der Waals surface area contributed by atoms with Gasteiger partial charge in [0.1, 0.15) is 17.8 Å². The molecule has 0 spiro atoms. The van der Waals surface area contributed by atoms with Gasteiger partial charge in [-0.2, -0.15) is 8.62 Å². The molecule has 30 heavy (non-hydrogen) atoms. The number of hydrogen-bond acceptors (Lipinski definition) is 11. The summed E-state index contributed by atoms with van der Waals surface area (Å²) in [6.07, 6.45) is -2.84. The van der Waals surface area contributed by atoms with Gasteiger partial charge in [-0.05, 0) is 0 Å². The summed E-state index contributed by atoms with van der Waals surface area (Å²) in [4.78, 5) is 60.7. The fraction of sp³-hybridized carbons (Fsp3) is 0.600. The van der Waals surface area contributed by atoms with Crippen molar-refractivity contribution in [2.45, 2.75) is 24.0 Å². The Balaban J connectivity index is 1.73. The van der Waals surface area contributed by atoms with E-state index in [2.05, 4.69) is 13.1 Å². The summed E-state index contributed by atoms with van der Waals surface area (Å²) in [5.74, 6) is 0. The predicted octanol–water partition coefficient (Wildman–Crippen LogP) is -2.09. The minimum atomic E-state index is -5.72. The van der Waals surface area contributed by atoms with Gasteiger partial charge >= 0.3 is 29.2 Å². The number of aliphatic hydroxyl groups excluding tert-OH is 1. The largest absolute Gasteiger partial charge is 0.490 e. The van der Waals surface area contributed by atoms with Crippen LogP contribution in [-0.2, 0) is 36.3 Å². The fourth-order valence-corrected chi connectivity index (χ4v) is 5.94. The fourth-order valence-electron chi connectivity index (χ4n) is 2.86. The smallest absolute Gasteiger partial charge is 0.387 e. The summed E-state index contributed by atoms with van der Waals surface area (Å²) in [7, 11) is -16.7. The summed E-state index contributed by atoms with van der Waals surface area (Å²) in [6.45, 7) is -1.35. The first-order valence-corrected chi connectivity index (χ1v) is 12.2. The first-order valence-electron chi connectivity index (χ1n) is 7.70. The van der Waals surface area contributed by atoms with E-state index in [1.807, 2.05) is 4.98 Å². The van der Waals surface area contributed by atoms with E-state index < -0.39 is 65.4 Å². The van der Waals surface area contributed by atoms with Gasteiger partial charge < -0.3 is 34.2 Å². The highest BCUT2D eigenvalue weighted by molar-refractivity contribution is 7.66. The van der Waals surface area contributed by atoms with Crippen molar-refractivity contribution >= 4 is 23.5 Å². The van der Waals surface area contributed by atoms with E-state index >= 15 is 0 Å². The number of H-pyrrole nitrogens is 1. The molecule has 1 aromatic heterocycles. The van der Waals surface area contributed by atoms with Crippen molar-refractivity contribution in [2.75, 3.05) is 13.2 Å². The van der Waals surface area contributed by atoms with Gasteiger partial charge in [0.05, 0.1) is 13.2 Å². The van der Waals surface area contributed by atoms with Crippen LogP contribution in [0.5, 0.6) is 0 Å². The second-order valence-electron chi connectivity index (χ2n) is 6.18. The highest BCUT2D eigenvalue weighted by atomic mass is 31.3. The van der Waals surface area contributed by atoms with E-state index in [9.17, 15) is 33.3 Å². The van der Waals surface area contributed by atoms with Crippen LogP contribution in [-0.4, -0.2) is 65.3 Å². The third kappa shape index (κ3) is 5.06. The predicted molar refractivity (Wildman–Crippen MR) is 89.7 cm³/mol. The van der Waals surface area contributed by atoms with Crippen molar-refractivity contribution in [3.63, 3.8) is 0 Å². The molecule has 0 aromatic carbocycles. The summed E-state index contributed by atoms with van der Waals surface area (Å²) < 4.78 is 57.2. The lowest BCUT2D eigenvalue weighted by molar-refractivity contribution is -0.186. The molecular weight excluding hydrogens is 481 g/mol. The molecule has 1 aromatic rings. The number of ether oxygens (including phenoxy) is 2. The minimum absolute atomic E-state index is 0.386. The van der Waals surface area contributed by atoms with Crippen LogP contribution in [0.25, 0.3) is 0 Å². The average molecular weight is 496 g/mol. The van der Waals surface area contributed by atoms with Crippen LogP contribution in [0.4, 0.5) is 0 Å². The van der Waals surface area contributed by atoms with Crippen LogP contribution < -0.4 is 11.2 Å². The zero-order valence-electron chi connectivity index (χ0n) is 14.4. The Morgan fingerprint density at radius 3 is 2.43 bits per heavy atom. The maximum Gasteiger partial charge on any atom is 0.490 e. The van der Waals surface area contributed by atoms with Crippen molar-refractivity contribution in [1.82, 2.24) is 9.55 Å².